The monoisotopic (exact) mass is 328 g/mol. The van der Waals surface area contributed by atoms with Crippen molar-refractivity contribution in [3.8, 4) is 0 Å². The van der Waals surface area contributed by atoms with E-state index in [9.17, 15) is 5.11 Å². The topological polar surface area (TPSA) is 52.5 Å². The first-order valence-electron chi connectivity index (χ1n) is 6.62. The van der Waals surface area contributed by atoms with Crippen molar-refractivity contribution in [3.63, 3.8) is 0 Å². The largest absolute Gasteiger partial charge is 0.391 e. The Kier molecular flexibility index (Phi) is 4.76. The second-order valence-electron chi connectivity index (χ2n) is 5.28. The maximum absolute atomic E-state index is 9.92. The van der Waals surface area contributed by atoms with E-state index in [1.807, 2.05) is 13.0 Å². The average molecular weight is 329 g/mol. The first-order chi connectivity index (χ1) is 8.99. The van der Waals surface area contributed by atoms with Crippen molar-refractivity contribution in [2.45, 2.75) is 31.9 Å². The standard InChI is InChI=1S/C13H21BrN4O/c1-4-12-15-11(14)6-13(16-12)18-8-10(19)5-9(18)7-17(2)3/h6,9-10,19H,4-5,7-8H2,1-3H3. The predicted molar refractivity (Wildman–Crippen MR) is 79.4 cm³/mol. The van der Waals surface area contributed by atoms with Crippen molar-refractivity contribution in [1.82, 2.24) is 14.9 Å². The molecule has 2 unspecified atom stereocenters. The summed E-state index contributed by atoms with van der Waals surface area (Å²) in [7, 11) is 4.10. The number of aliphatic hydroxyl groups is 1. The Morgan fingerprint density at radius 2 is 2.21 bits per heavy atom. The number of likely N-dealkylation sites (N-methyl/N-ethyl adjacent to an activating group) is 1. The highest BCUT2D eigenvalue weighted by atomic mass is 79.9. The average Bonchev–Trinajstić information content (AvgIpc) is 2.68. The number of halogens is 1. The third kappa shape index (κ3) is 3.64. The molecule has 1 aliphatic rings. The molecule has 0 bridgehead atoms. The number of hydrogen-bond donors (Lipinski definition) is 1. The van der Waals surface area contributed by atoms with Gasteiger partial charge in [-0.3, -0.25) is 0 Å². The Labute approximate surface area is 122 Å². The molecule has 1 fully saturated rings. The molecule has 0 aliphatic carbocycles. The predicted octanol–water partition coefficient (Wildman–Crippen LogP) is 1.30. The fourth-order valence-electron chi connectivity index (χ4n) is 2.52. The number of hydrogen-bond acceptors (Lipinski definition) is 5. The Bertz CT molecular complexity index is 441. The Morgan fingerprint density at radius 1 is 1.47 bits per heavy atom. The van der Waals surface area contributed by atoms with Gasteiger partial charge in [-0.05, 0) is 36.4 Å². The molecule has 0 radical (unpaired) electrons. The van der Waals surface area contributed by atoms with Crippen LogP contribution in [0.4, 0.5) is 5.82 Å². The van der Waals surface area contributed by atoms with Crippen LogP contribution in [0.5, 0.6) is 0 Å². The van der Waals surface area contributed by atoms with Crippen LogP contribution in [0, 0.1) is 0 Å². The Balaban J connectivity index is 2.25. The maximum Gasteiger partial charge on any atom is 0.133 e. The van der Waals surface area contributed by atoms with Crippen LogP contribution < -0.4 is 4.90 Å². The molecular weight excluding hydrogens is 308 g/mol. The highest BCUT2D eigenvalue weighted by Crippen LogP contribution is 2.26. The van der Waals surface area contributed by atoms with Crippen molar-refractivity contribution in [2.75, 3.05) is 32.1 Å². The summed E-state index contributed by atoms with van der Waals surface area (Å²) in [5, 5.41) is 9.92. The molecule has 1 N–H and O–H groups in total. The lowest BCUT2D eigenvalue weighted by atomic mass is 10.2. The minimum Gasteiger partial charge on any atom is -0.391 e. The maximum atomic E-state index is 9.92. The van der Waals surface area contributed by atoms with Crippen LogP contribution >= 0.6 is 15.9 Å². The highest BCUT2D eigenvalue weighted by molar-refractivity contribution is 9.10. The van der Waals surface area contributed by atoms with Gasteiger partial charge in [-0.25, -0.2) is 9.97 Å². The third-order valence-corrected chi connectivity index (χ3v) is 3.71. The molecule has 1 aromatic heterocycles. The summed E-state index contributed by atoms with van der Waals surface area (Å²) in [6.45, 7) is 3.60. The van der Waals surface area contributed by atoms with Crippen molar-refractivity contribution in [1.29, 1.82) is 0 Å². The van der Waals surface area contributed by atoms with E-state index in [1.54, 1.807) is 0 Å². The number of aliphatic hydroxyl groups excluding tert-OH is 1. The van der Waals surface area contributed by atoms with Crippen LogP contribution in [0.3, 0.4) is 0 Å². The molecule has 2 heterocycles. The van der Waals surface area contributed by atoms with Gasteiger partial charge in [0.05, 0.1) is 6.10 Å². The van der Waals surface area contributed by atoms with Crippen molar-refractivity contribution in [2.24, 2.45) is 0 Å². The molecule has 1 aromatic rings. The van der Waals surface area contributed by atoms with Gasteiger partial charge in [-0.2, -0.15) is 0 Å². The smallest absolute Gasteiger partial charge is 0.133 e. The van der Waals surface area contributed by atoms with Gasteiger partial charge in [0, 0.05) is 31.6 Å². The molecular formula is C13H21BrN4O. The summed E-state index contributed by atoms with van der Waals surface area (Å²) in [6, 6.07) is 2.23. The van der Waals surface area contributed by atoms with E-state index in [2.05, 4.69) is 49.8 Å². The number of β-amino-alcohol motifs (C(OH)–C–C–N with tert-alkyl or cyclic N) is 1. The first-order valence-corrected chi connectivity index (χ1v) is 7.41. The van der Waals surface area contributed by atoms with E-state index < -0.39 is 0 Å². The number of anilines is 1. The molecule has 6 heteroatoms. The van der Waals surface area contributed by atoms with Crippen LogP contribution in [0.2, 0.25) is 0 Å². The highest BCUT2D eigenvalue weighted by Gasteiger charge is 2.32. The number of aromatic nitrogens is 2. The van der Waals surface area contributed by atoms with E-state index in [-0.39, 0.29) is 6.10 Å². The van der Waals surface area contributed by atoms with Crippen LogP contribution in [-0.4, -0.2) is 59.3 Å². The van der Waals surface area contributed by atoms with Gasteiger partial charge in [-0.1, -0.05) is 6.92 Å². The van der Waals surface area contributed by atoms with Gasteiger partial charge in [0.15, 0.2) is 0 Å². The zero-order valence-corrected chi connectivity index (χ0v) is 13.3. The van der Waals surface area contributed by atoms with Gasteiger partial charge in [0.2, 0.25) is 0 Å². The first kappa shape index (κ1) is 14.7. The Morgan fingerprint density at radius 3 is 2.84 bits per heavy atom. The molecule has 5 nitrogen and oxygen atoms in total. The summed E-state index contributed by atoms with van der Waals surface area (Å²) < 4.78 is 0.805. The summed E-state index contributed by atoms with van der Waals surface area (Å²) >= 11 is 3.44. The zero-order valence-electron chi connectivity index (χ0n) is 11.7. The van der Waals surface area contributed by atoms with Crippen molar-refractivity contribution < 1.29 is 5.11 Å². The van der Waals surface area contributed by atoms with Gasteiger partial charge >= 0.3 is 0 Å². The molecule has 0 amide bonds. The number of rotatable bonds is 4. The fourth-order valence-corrected chi connectivity index (χ4v) is 2.93. The van der Waals surface area contributed by atoms with E-state index in [1.165, 1.54) is 0 Å². The summed E-state index contributed by atoms with van der Waals surface area (Å²) in [4.78, 5) is 13.3. The number of nitrogens with zero attached hydrogens (tertiary/aromatic N) is 4. The minimum absolute atomic E-state index is 0.274. The van der Waals surface area contributed by atoms with Gasteiger partial charge in [-0.15, -0.1) is 0 Å². The fraction of sp³-hybridized carbons (Fsp3) is 0.692. The molecule has 19 heavy (non-hydrogen) atoms. The molecule has 0 spiro atoms. The molecule has 106 valence electrons. The van der Waals surface area contributed by atoms with E-state index in [4.69, 9.17) is 0 Å². The molecule has 2 rings (SSSR count). The second-order valence-corrected chi connectivity index (χ2v) is 6.09. The van der Waals surface area contributed by atoms with Crippen LogP contribution in [0.15, 0.2) is 10.7 Å². The third-order valence-electron chi connectivity index (χ3n) is 3.31. The van der Waals surface area contributed by atoms with Gasteiger partial charge in [0.1, 0.15) is 16.2 Å². The van der Waals surface area contributed by atoms with Crippen LogP contribution in [-0.2, 0) is 6.42 Å². The second kappa shape index (κ2) is 6.15. The summed E-state index contributed by atoms with van der Waals surface area (Å²) in [5.41, 5.74) is 0. The van der Waals surface area contributed by atoms with Gasteiger partial charge in [0.25, 0.3) is 0 Å². The number of aryl methyl sites for hydroxylation is 1. The molecule has 0 aromatic carbocycles. The lowest BCUT2D eigenvalue weighted by Crippen LogP contribution is -2.38. The minimum atomic E-state index is -0.274. The van der Waals surface area contributed by atoms with Gasteiger partial charge < -0.3 is 14.9 Å². The van der Waals surface area contributed by atoms with Crippen molar-refractivity contribution >= 4 is 21.7 Å². The molecule has 2 atom stereocenters. The summed E-state index contributed by atoms with van der Waals surface area (Å²) in [6.07, 6.45) is 1.33. The molecule has 1 aliphatic heterocycles. The zero-order chi connectivity index (χ0) is 14.0. The summed E-state index contributed by atoms with van der Waals surface area (Å²) in [5.74, 6) is 1.73. The van der Waals surface area contributed by atoms with Crippen LogP contribution in [0.1, 0.15) is 19.2 Å². The molecule has 0 saturated carbocycles. The van der Waals surface area contributed by atoms with E-state index in [0.29, 0.717) is 12.6 Å². The molecule has 1 saturated heterocycles. The van der Waals surface area contributed by atoms with Crippen molar-refractivity contribution in [3.05, 3.63) is 16.5 Å². The SMILES string of the molecule is CCc1nc(Br)cc(N2CC(O)CC2CN(C)C)n1. The van der Waals surface area contributed by atoms with E-state index >= 15 is 0 Å². The Hall–Kier alpha value is -0.720. The van der Waals surface area contributed by atoms with E-state index in [0.717, 1.165) is 35.6 Å². The quantitative estimate of drug-likeness (QED) is 0.844. The lowest BCUT2D eigenvalue weighted by Gasteiger charge is -2.28. The normalized spacial score (nSPS) is 23.4. The van der Waals surface area contributed by atoms with Crippen LogP contribution in [0.25, 0.3) is 0 Å². The lowest BCUT2D eigenvalue weighted by molar-refractivity contribution is 0.191.